The van der Waals surface area contributed by atoms with E-state index in [1.165, 1.54) is 0 Å². The van der Waals surface area contributed by atoms with E-state index in [4.69, 9.17) is 16.3 Å². The summed E-state index contributed by atoms with van der Waals surface area (Å²) in [5.74, 6) is 0.741. The second kappa shape index (κ2) is 7.28. The molecular formula is C21H21ClN4O2. The Morgan fingerprint density at radius 1 is 1.25 bits per heavy atom. The highest BCUT2D eigenvalue weighted by Crippen LogP contribution is 2.44. The molecular weight excluding hydrogens is 376 g/mol. The van der Waals surface area contributed by atoms with Crippen molar-refractivity contribution in [3.05, 3.63) is 70.1 Å². The molecule has 3 heterocycles. The molecule has 28 heavy (non-hydrogen) atoms. The number of amides is 1. The van der Waals surface area contributed by atoms with Gasteiger partial charge in [-0.2, -0.15) is 5.10 Å². The summed E-state index contributed by atoms with van der Waals surface area (Å²) in [4.78, 5) is 19.3. The number of aromatic nitrogens is 3. The van der Waals surface area contributed by atoms with Crippen molar-refractivity contribution in [2.24, 2.45) is 5.92 Å². The Balaban J connectivity index is 1.88. The van der Waals surface area contributed by atoms with Gasteiger partial charge >= 0.3 is 0 Å². The van der Waals surface area contributed by atoms with Crippen molar-refractivity contribution in [3.8, 4) is 5.88 Å². The lowest BCUT2D eigenvalue weighted by Gasteiger charge is -2.27. The maximum Gasteiger partial charge on any atom is 0.280 e. The second-order valence-electron chi connectivity index (χ2n) is 7.22. The average Bonchev–Trinajstić information content (AvgIpc) is 3.21. The van der Waals surface area contributed by atoms with Gasteiger partial charge in [-0.25, -0.2) is 4.98 Å². The number of ether oxygens (including phenoxy) is 1. The Labute approximate surface area is 168 Å². The molecule has 1 N–H and O–H groups in total. The third-order valence-electron chi connectivity index (χ3n) is 4.86. The van der Waals surface area contributed by atoms with Gasteiger partial charge in [0.25, 0.3) is 5.91 Å². The van der Waals surface area contributed by atoms with Crippen molar-refractivity contribution in [1.82, 2.24) is 15.2 Å². The quantitative estimate of drug-likeness (QED) is 0.693. The van der Waals surface area contributed by atoms with E-state index < -0.39 is 0 Å². The lowest BCUT2D eigenvalue weighted by molar-refractivity contribution is 0.0988. The second-order valence-corrected chi connectivity index (χ2v) is 7.63. The van der Waals surface area contributed by atoms with Gasteiger partial charge in [0.1, 0.15) is 0 Å². The number of aromatic amines is 1. The fourth-order valence-corrected chi connectivity index (χ4v) is 3.90. The Morgan fingerprint density at radius 3 is 2.68 bits per heavy atom. The number of halogens is 1. The van der Waals surface area contributed by atoms with E-state index >= 15 is 0 Å². The van der Waals surface area contributed by atoms with Gasteiger partial charge in [0.05, 0.1) is 25.0 Å². The number of nitrogens with zero attached hydrogens (tertiary/aromatic N) is 3. The predicted molar refractivity (Wildman–Crippen MR) is 108 cm³/mol. The first-order valence-corrected chi connectivity index (χ1v) is 9.54. The molecule has 0 aliphatic carbocycles. The zero-order chi connectivity index (χ0) is 19.8. The number of H-pyrrole nitrogens is 1. The van der Waals surface area contributed by atoms with Crippen molar-refractivity contribution in [2.45, 2.75) is 26.3 Å². The molecule has 0 saturated carbocycles. The van der Waals surface area contributed by atoms with E-state index in [0.29, 0.717) is 28.2 Å². The summed E-state index contributed by atoms with van der Waals surface area (Å²) < 4.78 is 5.15. The van der Waals surface area contributed by atoms with Crippen molar-refractivity contribution < 1.29 is 9.53 Å². The summed E-state index contributed by atoms with van der Waals surface area (Å²) >= 11 is 6.54. The van der Waals surface area contributed by atoms with Crippen molar-refractivity contribution in [2.75, 3.05) is 12.0 Å². The zero-order valence-corrected chi connectivity index (χ0v) is 16.7. The number of methoxy groups -OCH3 is 1. The molecule has 0 radical (unpaired) electrons. The number of anilines is 1. The molecule has 3 aromatic rings. The van der Waals surface area contributed by atoms with Gasteiger partial charge in [0.15, 0.2) is 5.69 Å². The van der Waals surface area contributed by atoms with Crippen LogP contribution in [0.15, 0.2) is 42.6 Å². The van der Waals surface area contributed by atoms with Crippen molar-refractivity contribution in [1.29, 1.82) is 0 Å². The van der Waals surface area contributed by atoms with Gasteiger partial charge < -0.3 is 4.74 Å². The van der Waals surface area contributed by atoms with Crippen LogP contribution in [-0.4, -0.2) is 28.2 Å². The van der Waals surface area contributed by atoms with Crippen LogP contribution in [0.2, 0.25) is 5.02 Å². The van der Waals surface area contributed by atoms with Gasteiger partial charge in [-0.05, 0) is 30.0 Å². The molecule has 1 unspecified atom stereocenters. The molecule has 2 aromatic heterocycles. The number of hydrogen-bond acceptors (Lipinski definition) is 4. The Kier molecular flexibility index (Phi) is 4.81. The first-order valence-electron chi connectivity index (χ1n) is 9.16. The smallest absolute Gasteiger partial charge is 0.280 e. The first kappa shape index (κ1) is 18.5. The van der Waals surface area contributed by atoms with E-state index in [0.717, 1.165) is 23.2 Å². The van der Waals surface area contributed by atoms with Crippen LogP contribution >= 0.6 is 11.6 Å². The number of nitrogens with one attached hydrogen (secondary N) is 1. The minimum Gasteiger partial charge on any atom is -0.481 e. The zero-order valence-electron chi connectivity index (χ0n) is 15.9. The molecule has 6 nitrogen and oxygen atoms in total. The molecule has 144 valence electrons. The maximum absolute atomic E-state index is 13.3. The highest BCUT2D eigenvalue weighted by molar-refractivity contribution is 6.31. The largest absolute Gasteiger partial charge is 0.481 e. The van der Waals surface area contributed by atoms with Crippen LogP contribution in [0.5, 0.6) is 5.88 Å². The number of carbonyl (C=O) groups excluding carboxylic acids is 1. The average molecular weight is 397 g/mol. The number of rotatable bonds is 5. The van der Waals surface area contributed by atoms with E-state index in [9.17, 15) is 4.79 Å². The monoisotopic (exact) mass is 396 g/mol. The van der Waals surface area contributed by atoms with Crippen LogP contribution < -0.4 is 9.64 Å². The molecule has 1 aliphatic heterocycles. The van der Waals surface area contributed by atoms with Gasteiger partial charge in [-0.15, -0.1) is 0 Å². The SMILES string of the molecule is COc1ccc(N2C(=O)c3n[nH]c(CC(C)C)c3C2c2ccccc2Cl)cn1. The molecule has 0 bridgehead atoms. The Bertz CT molecular complexity index is 1010. The molecule has 1 aliphatic rings. The van der Waals surface area contributed by atoms with E-state index in [-0.39, 0.29) is 11.9 Å². The van der Waals surface area contributed by atoms with Crippen LogP contribution in [0.25, 0.3) is 0 Å². The molecule has 0 fully saturated rings. The number of benzene rings is 1. The third-order valence-corrected chi connectivity index (χ3v) is 5.20. The lowest BCUT2D eigenvalue weighted by atomic mass is 9.95. The fourth-order valence-electron chi connectivity index (χ4n) is 3.66. The summed E-state index contributed by atoms with van der Waals surface area (Å²) in [5.41, 5.74) is 3.83. The minimum absolute atomic E-state index is 0.168. The van der Waals surface area contributed by atoms with Gasteiger partial charge in [0, 0.05) is 22.3 Å². The van der Waals surface area contributed by atoms with Crippen LogP contribution in [0, 0.1) is 5.92 Å². The first-order chi connectivity index (χ1) is 13.5. The van der Waals surface area contributed by atoms with Gasteiger partial charge in [-0.1, -0.05) is 43.6 Å². The van der Waals surface area contributed by atoms with Crippen molar-refractivity contribution in [3.63, 3.8) is 0 Å². The maximum atomic E-state index is 13.3. The van der Waals surface area contributed by atoms with Gasteiger partial charge in [0.2, 0.25) is 5.88 Å². The Morgan fingerprint density at radius 2 is 2.04 bits per heavy atom. The number of pyridine rings is 1. The lowest BCUT2D eigenvalue weighted by Crippen LogP contribution is -2.29. The summed E-state index contributed by atoms with van der Waals surface area (Å²) in [6.45, 7) is 4.28. The summed E-state index contributed by atoms with van der Waals surface area (Å²) in [6, 6.07) is 10.8. The normalized spacial score (nSPS) is 16.0. The van der Waals surface area contributed by atoms with Crippen molar-refractivity contribution >= 4 is 23.2 Å². The molecule has 1 amide bonds. The molecule has 1 aromatic carbocycles. The summed E-state index contributed by atoms with van der Waals surface area (Å²) in [5, 5.41) is 8.02. The van der Waals surface area contributed by atoms with Crippen LogP contribution in [0.3, 0.4) is 0 Å². The molecule has 0 saturated heterocycles. The van der Waals surface area contributed by atoms with E-state index in [2.05, 4.69) is 29.0 Å². The fraction of sp³-hybridized carbons (Fsp3) is 0.286. The molecule has 0 spiro atoms. The summed E-state index contributed by atoms with van der Waals surface area (Å²) in [6.07, 6.45) is 2.43. The molecule has 4 rings (SSSR count). The number of hydrogen-bond donors (Lipinski definition) is 1. The Hall–Kier alpha value is -2.86. The molecule has 7 heteroatoms. The van der Waals surface area contributed by atoms with E-state index in [1.54, 1.807) is 24.3 Å². The number of carbonyl (C=O) groups is 1. The highest BCUT2D eigenvalue weighted by Gasteiger charge is 2.43. The molecule has 1 atom stereocenters. The van der Waals surface area contributed by atoms with Crippen LogP contribution in [-0.2, 0) is 6.42 Å². The predicted octanol–water partition coefficient (Wildman–Crippen LogP) is 4.42. The minimum atomic E-state index is -0.362. The third kappa shape index (κ3) is 3.03. The number of fused-ring (bicyclic) bond motifs is 1. The van der Waals surface area contributed by atoms with Crippen LogP contribution in [0.4, 0.5) is 5.69 Å². The van der Waals surface area contributed by atoms with E-state index in [1.807, 2.05) is 30.3 Å². The summed E-state index contributed by atoms with van der Waals surface area (Å²) in [7, 11) is 1.56. The highest BCUT2D eigenvalue weighted by atomic mass is 35.5. The topological polar surface area (TPSA) is 71.1 Å². The van der Waals surface area contributed by atoms with Crippen LogP contribution in [0.1, 0.15) is 47.2 Å². The van der Waals surface area contributed by atoms with Gasteiger partial charge in [-0.3, -0.25) is 14.8 Å². The standard InChI is InChI=1S/C21H21ClN4O2/c1-12(2)10-16-18-19(25-24-16)21(27)26(13-8-9-17(28-3)23-11-13)20(18)14-6-4-5-7-15(14)22/h4-9,11-12,20H,10H2,1-3H3,(H,24,25).